The van der Waals surface area contributed by atoms with E-state index in [4.69, 9.17) is 5.73 Å². The van der Waals surface area contributed by atoms with Crippen LogP contribution in [0.1, 0.15) is 32.3 Å². The molecule has 0 fully saturated rings. The molecule has 0 bridgehead atoms. The Morgan fingerprint density at radius 1 is 1.39 bits per heavy atom. The summed E-state index contributed by atoms with van der Waals surface area (Å²) in [6.07, 6.45) is 3.40. The van der Waals surface area contributed by atoms with Gasteiger partial charge in [-0.2, -0.15) is 0 Å². The molecule has 1 amide bonds. The monoisotopic (exact) mass is 339 g/mol. The Morgan fingerprint density at radius 2 is 2.09 bits per heavy atom. The first-order chi connectivity index (χ1) is 10.7. The Hall–Kier alpha value is -1.60. The van der Waals surface area contributed by atoms with Gasteiger partial charge in [0.05, 0.1) is 18.0 Å². The lowest BCUT2D eigenvalue weighted by Gasteiger charge is -2.29. The molecule has 2 rings (SSSR count). The Morgan fingerprint density at radius 3 is 2.70 bits per heavy atom. The number of benzene rings is 1. The summed E-state index contributed by atoms with van der Waals surface area (Å²) < 4.78 is 25.1. The topological polar surface area (TPSA) is 92.5 Å². The molecule has 0 unspecified atom stereocenters. The van der Waals surface area contributed by atoms with Gasteiger partial charge in [-0.25, -0.2) is 8.42 Å². The molecule has 23 heavy (non-hydrogen) atoms. The summed E-state index contributed by atoms with van der Waals surface area (Å²) in [5.74, 6) is 0.136. The number of aryl methyl sites for hydroxylation is 1. The zero-order valence-electron chi connectivity index (χ0n) is 13.9. The van der Waals surface area contributed by atoms with Crippen LogP contribution in [0.5, 0.6) is 0 Å². The second kappa shape index (κ2) is 6.88. The van der Waals surface area contributed by atoms with E-state index in [2.05, 4.69) is 5.32 Å². The van der Waals surface area contributed by atoms with Crippen LogP contribution < -0.4 is 15.4 Å². The fourth-order valence-corrected chi connectivity index (χ4v) is 3.83. The van der Waals surface area contributed by atoms with E-state index in [0.29, 0.717) is 30.3 Å². The van der Waals surface area contributed by atoms with Crippen LogP contribution in [-0.2, 0) is 21.2 Å². The summed E-state index contributed by atoms with van der Waals surface area (Å²) in [5, 5.41) is 2.82. The summed E-state index contributed by atoms with van der Waals surface area (Å²) in [7, 11) is -3.28. The number of hydrogen-bond donors (Lipinski definition) is 2. The van der Waals surface area contributed by atoms with Gasteiger partial charge in [-0.1, -0.05) is 13.8 Å². The molecular weight excluding hydrogens is 314 g/mol. The predicted molar refractivity (Wildman–Crippen MR) is 93.0 cm³/mol. The standard InChI is InChI=1S/C16H25N3O3S/c1-11(2)9-14(17)16(20)18-13-6-7-15-12(10-13)5-4-8-19(15)23(3,21)22/h6-7,10-11,14H,4-5,8-9,17H2,1-3H3,(H,18,20)/t14-/m0/s1. The van der Waals surface area contributed by atoms with E-state index in [1.807, 2.05) is 19.9 Å². The smallest absolute Gasteiger partial charge is 0.241 e. The van der Waals surface area contributed by atoms with E-state index in [1.54, 1.807) is 12.1 Å². The van der Waals surface area contributed by atoms with Crippen LogP contribution in [0.2, 0.25) is 0 Å². The van der Waals surface area contributed by atoms with Gasteiger partial charge in [0.25, 0.3) is 0 Å². The number of fused-ring (bicyclic) bond motifs is 1. The Labute approximate surface area is 138 Å². The van der Waals surface area contributed by atoms with E-state index >= 15 is 0 Å². The molecular formula is C16H25N3O3S. The van der Waals surface area contributed by atoms with Crippen molar-refractivity contribution in [2.75, 3.05) is 22.4 Å². The highest BCUT2D eigenvalue weighted by atomic mass is 32.2. The third kappa shape index (κ3) is 4.45. The van der Waals surface area contributed by atoms with Crippen LogP contribution in [0.3, 0.4) is 0 Å². The number of rotatable bonds is 5. The minimum absolute atomic E-state index is 0.213. The van der Waals surface area contributed by atoms with E-state index in [9.17, 15) is 13.2 Å². The van der Waals surface area contributed by atoms with Gasteiger partial charge in [-0.05, 0) is 48.9 Å². The van der Waals surface area contributed by atoms with Crippen molar-refractivity contribution in [1.29, 1.82) is 0 Å². The number of sulfonamides is 1. The van der Waals surface area contributed by atoms with E-state index in [0.717, 1.165) is 18.4 Å². The van der Waals surface area contributed by atoms with Crippen LogP contribution in [0.15, 0.2) is 18.2 Å². The first-order valence-electron chi connectivity index (χ1n) is 7.85. The molecule has 0 saturated heterocycles. The minimum Gasteiger partial charge on any atom is -0.325 e. The molecule has 128 valence electrons. The molecule has 1 atom stereocenters. The number of hydrogen-bond acceptors (Lipinski definition) is 4. The second-order valence-electron chi connectivity index (χ2n) is 6.51. The Kier molecular flexibility index (Phi) is 5.31. The third-order valence-electron chi connectivity index (χ3n) is 3.89. The van der Waals surface area contributed by atoms with Crippen molar-refractivity contribution in [3.8, 4) is 0 Å². The number of anilines is 2. The molecule has 1 aliphatic rings. The highest BCUT2D eigenvalue weighted by molar-refractivity contribution is 7.92. The first-order valence-corrected chi connectivity index (χ1v) is 9.70. The minimum atomic E-state index is -3.28. The molecule has 0 radical (unpaired) electrons. The molecule has 1 aliphatic heterocycles. The third-order valence-corrected chi connectivity index (χ3v) is 5.07. The number of carbonyl (C=O) groups excluding carboxylic acids is 1. The van der Waals surface area contributed by atoms with Crippen LogP contribution >= 0.6 is 0 Å². The van der Waals surface area contributed by atoms with Crippen molar-refractivity contribution >= 4 is 27.3 Å². The van der Waals surface area contributed by atoms with Crippen molar-refractivity contribution in [3.63, 3.8) is 0 Å². The van der Waals surface area contributed by atoms with Gasteiger partial charge in [0.1, 0.15) is 0 Å². The summed E-state index contributed by atoms with van der Waals surface area (Å²) in [6.45, 7) is 4.54. The average Bonchev–Trinajstić information content (AvgIpc) is 2.44. The van der Waals surface area contributed by atoms with E-state index < -0.39 is 16.1 Å². The highest BCUT2D eigenvalue weighted by Crippen LogP contribution is 2.31. The normalized spacial score (nSPS) is 16.1. The Balaban J connectivity index is 2.17. The number of amides is 1. The predicted octanol–water partition coefficient (Wildman–Crippen LogP) is 1.71. The maximum atomic E-state index is 12.1. The maximum absolute atomic E-state index is 12.1. The van der Waals surface area contributed by atoms with Crippen molar-refractivity contribution < 1.29 is 13.2 Å². The number of nitrogens with one attached hydrogen (secondary N) is 1. The number of carbonyl (C=O) groups is 1. The zero-order chi connectivity index (χ0) is 17.2. The van der Waals surface area contributed by atoms with Crippen molar-refractivity contribution in [3.05, 3.63) is 23.8 Å². The lowest BCUT2D eigenvalue weighted by Crippen LogP contribution is -2.37. The van der Waals surface area contributed by atoms with Crippen LogP contribution in [0.4, 0.5) is 11.4 Å². The van der Waals surface area contributed by atoms with Crippen molar-refractivity contribution in [2.45, 2.75) is 39.2 Å². The molecule has 0 saturated carbocycles. The van der Waals surface area contributed by atoms with Crippen molar-refractivity contribution in [2.24, 2.45) is 11.7 Å². The summed E-state index contributed by atoms with van der Waals surface area (Å²) in [4.78, 5) is 12.1. The fourth-order valence-electron chi connectivity index (χ4n) is 2.83. The lowest BCUT2D eigenvalue weighted by molar-refractivity contribution is -0.117. The van der Waals surface area contributed by atoms with Crippen LogP contribution in [-0.4, -0.2) is 33.2 Å². The summed E-state index contributed by atoms with van der Waals surface area (Å²) in [5.41, 5.74) is 8.16. The summed E-state index contributed by atoms with van der Waals surface area (Å²) in [6, 6.07) is 4.77. The van der Waals surface area contributed by atoms with Crippen LogP contribution in [0, 0.1) is 5.92 Å². The van der Waals surface area contributed by atoms with Gasteiger partial charge in [0, 0.05) is 12.2 Å². The van der Waals surface area contributed by atoms with Gasteiger partial charge >= 0.3 is 0 Å². The van der Waals surface area contributed by atoms with Crippen LogP contribution in [0.25, 0.3) is 0 Å². The quantitative estimate of drug-likeness (QED) is 0.854. The van der Waals surface area contributed by atoms with Gasteiger partial charge < -0.3 is 11.1 Å². The molecule has 1 aromatic rings. The second-order valence-corrected chi connectivity index (χ2v) is 8.41. The molecule has 3 N–H and O–H groups in total. The molecule has 0 aromatic heterocycles. The largest absolute Gasteiger partial charge is 0.325 e. The van der Waals surface area contributed by atoms with Crippen molar-refractivity contribution in [1.82, 2.24) is 0 Å². The molecule has 0 aliphatic carbocycles. The lowest BCUT2D eigenvalue weighted by atomic mass is 10.0. The average molecular weight is 339 g/mol. The van der Waals surface area contributed by atoms with Gasteiger partial charge in [0.15, 0.2) is 0 Å². The van der Waals surface area contributed by atoms with Gasteiger partial charge in [0.2, 0.25) is 15.9 Å². The highest BCUT2D eigenvalue weighted by Gasteiger charge is 2.24. The molecule has 7 heteroatoms. The first kappa shape index (κ1) is 17.7. The van der Waals surface area contributed by atoms with E-state index in [1.165, 1.54) is 10.6 Å². The summed E-state index contributed by atoms with van der Waals surface area (Å²) >= 11 is 0. The fraction of sp³-hybridized carbons (Fsp3) is 0.562. The van der Waals surface area contributed by atoms with E-state index in [-0.39, 0.29) is 5.91 Å². The molecule has 0 spiro atoms. The Bertz CT molecular complexity index is 686. The SMILES string of the molecule is CC(C)C[C@H](N)C(=O)Nc1ccc2c(c1)CCCN2S(C)(=O)=O. The van der Waals surface area contributed by atoms with Gasteiger partial charge in [-0.15, -0.1) is 0 Å². The molecule has 6 nitrogen and oxygen atoms in total. The molecule has 1 aromatic carbocycles. The van der Waals surface area contributed by atoms with Gasteiger partial charge in [-0.3, -0.25) is 9.10 Å². The zero-order valence-corrected chi connectivity index (χ0v) is 14.7. The molecule has 1 heterocycles. The number of nitrogens with two attached hydrogens (primary N) is 1. The maximum Gasteiger partial charge on any atom is 0.241 e. The number of nitrogens with zero attached hydrogens (tertiary/aromatic N) is 1.